The van der Waals surface area contributed by atoms with E-state index in [0.29, 0.717) is 5.56 Å². The third-order valence-electron chi connectivity index (χ3n) is 1.99. The van der Waals surface area contributed by atoms with Gasteiger partial charge < -0.3 is 9.90 Å². The number of nitrogens with zero attached hydrogens (tertiary/aromatic N) is 1. The van der Waals surface area contributed by atoms with E-state index in [0.717, 1.165) is 19.1 Å². The molecule has 0 fully saturated rings. The first-order valence-electron chi connectivity index (χ1n) is 4.10. The minimum absolute atomic E-state index is 0.106. The predicted octanol–water partition coefficient (Wildman–Crippen LogP) is 1.22. The number of aromatic amines is 1. The summed E-state index contributed by atoms with van der Waals surface area (Å²) in [6.07, 6.45) is -0.106. The van der Waals surface area contributed by atoms with Gasteiger partial charge >= 0.3 is 0 Å². The van der Waals surface area contributed by atoms with Crippen molar-refractivity contribution in [3.8, 4) is 0 Å². The van der Waals surface area contributed by atoms with E-state index in [4.69, 9.17) is 0 Å². The topological polar surface area (TPSA) is 68.8 Å². The maximum Gasteiger partial charge on any atom is 0.104 e. The second-order valence-electron chi connectivity index (χ2n) is 3.05. The molecule has 2 aromatic rings. The van der Waals surface area contributed by atoms with Crippen LogP contribution < -0.4 is 5.11 Å². The number of hydrogen-bond donors (Lipinski definition) is 1. The summed E-state index contributed by atoms with van der Waals surface area (Å²) < 4.78 is 1.65. The van der Waals surface area contributed by atoms with Crippen LogP contribution in [-0.4, -0.2) is 16.2 Å². The number of H-pyrrole nitrogens is 1. The van der Waals surface area contributed by atoms with Crippen LogP contribution in [0.4, 0.5) is 0 Å². The molecule has 0 amide bonds. The van der Waals surface area contributed by atoms with E-state index in [1.165, 1.54) is 0 Å². The Hall–Kier alpha value is -0.630. The highest BCUT2D eigenvalue weighted by molar-refractivity contribution is 14.1. The van der Waals surface area contributed by atoms with Gasteiger partial charge in [-0.2, -0.15) is 5.10 Å². The number of carboxylic acids is 1. The van der Waals surface area contributed by atoms with E-state index in [9.17, 15) is 9.90 Å². The van der Waals surface area contributed by atoms with Gasteiger partial charge in [0.15, 0.2) is 0 Å². The van der Waals surface area contributed by atoms with Crippen LogP contribution in [-0.2, 0) is 11.2 Å². The van der Waals surface area contributed by atoms with Crippen LogP contribution in [0, 0.1) is 3.70 Å². The van der Waals surface area contributed by atoms with Crippen molar-refractivity contribution in [3.05, 3.63) is 25.9 Å². The average molecular weight is 380 g/mol. The van der Waals surface area contributed by atoms with Gasteiger partial charge in [-0.1, -0.05) is 15.9 Å². The third kappa shape index (κ3) is 2.15. The number of nitrogens with one attached hydrogen (secondary N) is 1. The van der Waals surface area contributed by atoms with Crippen LogP contribution in [0.1, 0.15) is 5.56 Å². The molecule has 0 saturated heterocycles. The fourth-order valence-electron chi connectivity index (χ4n) is 1.45. The molecule has 1 heterocycles. The summed E-state index contributed by atoms with van der Waals surface area (Å²) in [5.41, 5.74) is 1.46. The average Bonchev–Trinajstić information content (AvgIpc) is 2.46. The van der Waals surface area contributed by atoms with Gasteiger partial charge in [0.05, 0.1) is 5.52 Å². The van der Waals surface area contributed by atoms with Gasteiger partial charge in [-0.05, 0) is 40.3 Å². The van der Waals surface area contributed by atoms with Crippen molar-refractivity contribution in [3.63, 3.8) is 0 Å². The van der Waals surface area contributed by atoms with E-state index in [-0.39, 0.29) is 6.42 Å². The number of halogens is 2. The molecule has 0 radical (unpaired) electrons. The molecule has 0 aliphatic rings. The smallest absolute Gasteiger partial charge is 0.104 e. The van der Waals surface area contributed by atoms with Crippen LogP contribution in [0.2, 0.25) is 0 Å². The largest absolute Gasteiger partial charge is 0.550 e. The zero-order chi connectivity index (χ0) is 11.0. The molecule has 0 unspecified atom stereocenters. The fourth-order valence-corrected chi connectivity index (χ4v) is 2.69. The second-order valence-corrected chi connectivity index (χ2v) is 5.04. The Morgan fingerprint density at radius 3 is 3.00 bits per heavy atom. The van der Waals surface area contributed by atoms with E-state index in [1.54, 1.807) is 6.07 Å². The minimum Gasteiger partial charge on any atom is -0.550 e. The highest BCUT2D eigenvalue weighted by Crippen LogP contribution is 2.26. The fraction of sp³-hybridized carbons (Fsp3) is 0.111. The number of hydrogen-bond acceptors (Lipinski definition) is 3. The molecular formula is C9H5BrIN2O2-. The minimum atomic E-state index is -1.09. The first-order chi connectivity index (χ1) is 7.08. The number of carboxylic acid groups (broad SMARTS) is 1. The molecule has 0 aliphatic carbocycles. The Labute approximate surface area is 107 Å². The summed E-state index contributed by atoms with van der Waals surface area (Å²) in [6.45, 7) is 0. The molecule has 1 aromatic heterocycles. The van der Waals surface area contributed by atoms with Crippen molar-refractivity contribution in [2.75, 3.05) is 0 Å². The molecule has 6 heteroatoms. The lowest BCUT2D eigenvalue weighted by atomic mass is 10.1. The number of aliphatic carboxylic acids is 1. The molecule has 0 aliphatic heterocycles. The molecule has 1 aromatic carbocycles. The standard InChI is InChI=1S/C9H6BrIN2O2/c10-5-1-4(2-7(14)15)8-6(3-5)12-13-9(8)11/h1,3H,2H2,(H,12,13)(H,14,15)/p-1. The summed E-state index contributed by atoms with van der Waals surface area (Å²) in [6, 6.07) is 3.61. The number of carbonyl (C=O) groups is 1. The summed E-state index contributed by atoms with van der Waals surface area (Å²) >= 11 is 5.40. The first-order valence-corrected chi connectivity index (χ1v) is 5.97. The molecule has 78 valence electrons. The lowest BCUT2D eigenvalue weighted by Gasteiger charge is -2.05. The van der Waals surface area contributed by atoms with Gasteiger partial charge in [-0.15, -0.1) is 0 Å². The maximum absolute atomic E-state index is 10.6. The third-order valence-corrected chi connectivity index (χ3v) is 3.23. The second kappa shape index (κ2) is 4.09. The van der Waals surface area contributed by atoms with E-state index < -0.39 is 5.97 Å². The molecular weight excluding hydrogens is 375 g/mol. The van der Waals surface area contributed by atoms with Crippen molar-refractivity contribution in [1.29, 1.82) is 0 Å². The van der Waals surface area contributed by atoms with Crippen molar-refractivity contribution in [2.45, 2.75) is 6.42 Å². The molecule has 0 saturated carbocycles. The summed E-state index contributed by atoms with van der Waals surface area (Å²) in [4.78, 5) is 10.6. The lowest BCUT2D eigenvalue weighted by molar-refractivity contribution is -0.304. The molecule has 0 spiro atoms. The Bertz CT molecular complexity index is 538. The van der Waals surface area contributed by atoms with Crippen molar-refractivity contribution in [2.24, 2.45) is 0 Å². The molecule has 0 bridgehead atoms. The van der Waals surface area contributed by atoms with Gasteiger partial charge in [0.1, 0.15) is 3.70 Å². The molecule has 15 heavy (non-hydrogen) atoms. The molecule has 0 atom stereocenters. The van der Waals surface area contributed by atoms with E-state index >= 15 is 0 Å². The van der Waals surface area contributed by atoms with Gasteiger partial charge in [0, 0.05) is 22.2 Å². The monoisotopic (exact) mass is 379 g/mol. The van der Waals surface area contributed by atoms with E-state index in [2.05, 4.69) is 48.7 Å². The first kappa shape index (κ1) is 10.9. The van der Waals surface area contributed by atoms with Crippen LogP contribution in [0.15, 0.2) is 16.6 Å². The molecule has 2 rings (SSSR count). The number of carbonyl (C=O) groups excluding carboxylic acids is 1. The van der Waals surface area contributed by atoms with Crippen LogP contribution in [0.3, 0.4) is 0 Å². The van der Waals surface area contributed by atoms with Gasteiger partial charge in [-0.25, -0.2) is 0 Å². The Kier molecular flexibility index (Phi) is 2.96. The maximum atomic E-state index is 10.6. The van der Waals surface area contributed by atoms with Gasteiger partial charge in [0.2, 0.25) is 0 Å². The van der Waals surface area contributed by atoms with Crippen molar-refractivity contribution >= 4 is 55.4 Å². The SMILES string of the molecule is O=C([O-])Cc1cc(Br)cc2n[nH]c(I)c12. The van der Waals surface area contributed by atoms with E-state index in [1.807, 2.05) is 6.07 Å². The van der Waals surface area contributed by atoms with Crippen molar-refractivity contribution in [1.82, 2.24) is 10.2 Å². The highest BCUT2D eigenvalue weighted by Gasteiger charge is 2.09. The molecule has 4 nitrogen and oxygen atoms in total. The Morgan fingerprint density at radius 1 is 1.60 bits per heavy atom. The van der Waals surface area contributed by atoms with Gasteiger partial charge in [-0.3, -0.25) is 5.10 Å². The quantitative estimate of drug-likeness (QED) is 0.798. The van der Waals surface area contributed by atoms with Crippen molar-refractivity contribution < 1.29 is 9.90 Å². The number of aromatic nitrogens is 2. The summed E-state index contributed by atoms with van der Waals surface area (Å²) in [7, 11) is 0. The lowest BCUT2D eigenvalue weighted by Crippen LogP contribution is -2.24. The number of fused-ring (bicyclic) bond motifs is 1. The predicted molar refractivity (Wildman–Crippen MR) is 65.2 cm³/mol. The van der Waals surface area contributed by atoms with Crippen LogP contribution >= 0.6 is 38.5 Å². The number of benzene rings is 1. The zero-order valence-corrected chi connectivity index (χ0v) is 11.1. The van der Waals surface area contributed by atoms with Gasteiger partial charge in [0.25, 0.3) is 0 Å². The Balaban J connectivity index is 2.68. The molecule has 1 N–H and O–H groups in total. The van der Waals surface area contributed by atoms with Crippen LogP contribution in [0.5, 0.6) is 0 Å². The highest BCUT2D eigenvalue weighted by atomic mass is 127. The number of rotatable bonds is 2. The Morgan fingerprint density at radius 2 is 2.33 bits per heavy atom. The normalized spacial score (nSPS) is 10.8. The van der Waals surface area contributed by atoms with Crippen LogP contribution in [0.25, 0.3) is 10.9 Å². The zero-order valence-electron chi connectivity index (χ0n) is 7.38. The summed E-state index contributed by atoms with van der Waals surface area (Å²) in [5.74, 6) is -1.09. The summed E-state index contributed by atoms with van der Waals surface area (Å²) in [5, 5.41) is 18.3.